The van der Waals surface area contributed by atoms with Gasteiger partial charge in [-0.2, -0.15) is 10.4 Å². The number of H-pyrrole nitrogens is 2. The number of nitrogens with one attached hydrogen (secondary N) is 3. The van der Waals surface area contributed by atoms with E-state index in [2.05, 4.69) is 51.3 Å². The first kappa shape index (κ1) is 31.3. The van der Waals surface area contributed by atoms with Crippen LogP contribution in [0.5, 0.6) is 0 Å². The van der Waals surface area contributed by atoms with E-state index >= 15 is 0 Å². The Bertz CT molecular complexity index is 1730. The van der Waals surface area contributed by atoms with Gasteiger partial charge in [-0.3, -0.25) is 14.6 Å². The molecular formula is C35H42N8O3. The number of carbonyl (C=O) groups excluding carboxylic acids is 2. The van der Waals surface area contributed by atoms with Gasteiger partial charge in [-0.05, 0) is 91.0 Å². The van der Waals surface area contributed by atoms with Gasteiger partial charge < -0.3 is 20.0 Å². The fourth-order valence-corrected chi connectivity index (χ4v) is 7.54. The molecule has 11 nitrogen and oxygen atoms in total. The normalized spacial score (nSPS) is 23.3. The molecule has 0 bridgehead atoms. The van der Waals surface area contributed by atoms with Crippen molar-refractivity contribution in [2.75, 3.05) is 34.7 Å². The van der Waals surface area contributed by atoms with Gasteiger partial charge >= 0.3 is 5.69 Å². The quantitative estimate of drug-likeness (QED) is 0.333. The molecule has 2 fully saturated rings. The van der Waals surface area contributed by atoms with Crippen molar-refractivity contribution in [3.05, 3.63) is 92.7 Å². The highest BCUT2D eigenvalue weighted by Gasteiger charge is 2.54. The summed E-state index contributed by atoms with van der Waals surface area (Å²) < 4.78 is 0. The number of hydrogen-bond acceptors (Lipinski definition) is 7. The number of hydrogen-bond donors (Lipinski definition) is 3. The predicted molar refractivity (Wildman–Crippen MR) is 175 cm³/mol. The highest BCUT2D eigenvalue weighted by Crippen LogP contribution is 2.48. The van der Waals surface area contributed by atoms with Gasteiger partial charge in [0.1, 0.15) is 11.9 Å². The topological polar surface area (TPSA) is 141 Å². The van der Waals surface area contributed by atoms with E-state index in [0.717, 1.165) is 46.4 Å². The van der Waals surface area contributed by atoms with Gasteiger partial charge in [-0.15, -0.1) is 0 Å². The van der Waals surface area contributed by atoms with Crippen LogP contribution >= 0.6 is 0 Å². The standard InChI is InChI=1S/C35H42N8O3/c1-20(37-19-31(44)43-27(18-36)15-26-16-30(26)43)17-35(33-38-34(46)40-39-33)28-11-9-22(21(2)41(3)4)13-23(28)7-8-24-14-25(10-12-29(24)35)32(45)42(5)6/h9-14,20,26-27,30,37H,2,7-8,15-17,19H2,1,3-6H3,(H2,38,39,40,46)/t20-,26-,27?,30?,35?/m1/s1. The van der Waals surface area contributed by atoms with Crippen LogP contribution in [-0.4, -0.2) is 94.6 Å². The fourth-order valence-electron chi connectivity index (χ4n) is 7.54. The van der Waals surface area contributed by atoms with Crippen molar-refractivity contribution >= 4 is 17.5 Å². The summed E-state index contributed by atoms with van der Waals surface area (Å²) in [6.45, 7) is 6.41. The Labute approximate surface area is 269 Å². The zero-order valence-corrected chi connectivity index (χ0v) is 27.2. The Hall–Kier alpha value is -4.69. The molecule has 1 saturated carbocycles. The molecule has 3 aromatic rings. The third-order valence-electron chi connectivity index (χ3n) is 9.98. The first-order valence-corrected chi connectivity index (χ1v) is 15.9. The van der Waals surface area contributed by atoms with Crippen molar-refractivity contribution in [3.8, 4) is 6.07 Å². The zero-order chi connectivity index (χ0) is 32.9. The average Bonchev–Trinajstić information content (AvgIpc) is 3.53. The molecule has 2 amide bonds. The summed E-state index contributed by atoms with van der Waals surface area (Å²) >= 11 is 0. The molecule has 3 aliphatic rings. The van der Waals surface area contributed by atoms with Crippen LogP contribution in [0.2, 0.25) is 0 Å². The molecule has 1 aliphatic heterocycles. The van der Waals surface area contributed by atoms with Crippen LogP contribution in [0.3, 0.4) is 0 Å². The zero-order valence-electron chi connectivity index (χ0n) is 27.2. The lowest BCUT2D eigenvalue weighted by atomic mass is 9.67. The van der Waals surface area contributed by atoms with Crippen LogP contribution in [-0.2, 0) is 23.1 Å². The SMILES string of the molecule is C=C(c1ccc2c(c1)CCc1cc(C(=O)N(C)C)ccc1C2(C[C@@H](C)NCC(=O)N1C(C#N)C[C@@H]2CC21)c1n[nH]c(=O)[nH]1)N(C)C. The summed E-state index contributed by atoms with van der Waals surface area (Å²) in [5.74, 6) is 0.767. The Kier molecular flexibility index (Phi) is 8.11. The Morgan fingerprint density at radius 3 is 2.33 bits per heavy atom. The molecular weight excluding hydrogens is 580 g/mol. The molecule has 1 saturated heterocycles. The Morgan fingerprint density at radius 1 is 1.09 bits per heavy atom. The van der Waals surface area contributed by atoms with Gasteiger partial charge in [-0.25, -0.2) is 9.89 Å². The van der Waals surface area contributed by atoms with Crippen molar-refractivity contribution < 1.29 is 9.59 Å². The van der Waals surface area contributed by atoms with E-state index in [4.69, 9.17) is 0 Å². The molecule has 11 heteroatoms. The number of aromatic nitrogens is 3. The third kappa shape index (κ3) is 5.41. The number of amides is 2. The van der Waals surface area contributed by atoms with Crippen LogP contribution in [0.1, 0.15) is 70.2 Å². The molecule has 5 atom stereocenters. The number of fused-ring (bicyclic) bond motifs is 3. The van der Waals surface area contributed by atoms with Crippen molar-refractivity contribution in [3.63, 3.8) is 0 Å². The van der Waals surface area contributed by atoms with Crippen LogP contribution in [0, 0.1) is 17.2 Å². The van der Waals surface area contributed by atoms with E-state index in [1.807, 2.05) is 44.1 Å². The number of likely N-dealkylation sites (tertiary alicyclic amines) is 1. The lowest BCUT2D eigenvalue weighted by Crippen LogP contribution is -2.46. The molecule has 240 valence electrons. The van der Waals surface area contributed by atoms with E-state index in [1.165, 1.54) is 0 Å². The second-order valence-electron chi connectivity index (χ2n) is 13.4. The maximum Gasteiger partial charge on any atom is 0.340 e. The van der Waals surface area contributed by atoms with Crippen molar-refractivity contribution in [1.82, 2.24) is 35.2 Å². The van der Waals surface area contributed by atoms with E-state index in [1.54, 1.807) is 23.9 Å². The summed E-state index contributed by atoms with van der Waals surface area (Å²) in [6, 6.07) is 14.0. The monoisotopic (exact) mass is 622 g/mol. The summed E-state index contributed by atoms with van der Waals surface area (Å²) in [5, 5.41) is 20.2. The minimum absolute atomic E-state index is 0.0639. The lowest BCUT2D eigenvalue weighted by molar-refractivity contribution is -0.131. The third-order valence-corrected chi connectivity index (χ3v) is 9.98. The van der Waals surface area contributed by atoms with Gasteiger partial charge in [-0.1, -0.05) is 24.8 Å². The number of aromatic amines is 2. The van der Waals surface area contributed by atoms with Crippen LogP contribution in [0.15, 0.2) is 47.8 Å². The number of carbonyl (C=O) groups is 2. The number of nitriles is 1. The van der Waals surface area contributed by atoms with E-state index in [9.17, 15) is 19.6 Å². The van der Waals surface area contributed by atoms with Gasteiger partial charge in [0.25, 0.3) is 5.91 Å². The van der Waals surface area contributed by atoms with E-state index in [0.29, 0.717) is 36.6 Å². The number of aryl methyl sites for hydroxylation is 2. The van der Waals surface area contributed by atoms with Crippen LogP contribution in [0.25, 0.3) is 5.70 Å². The van der Waals surface area contributed by atoms with Crippen molar-refractivity contribution in [1.29, 1.82) is 5.26 Å². The fraction of sp³-hybridized carbons (Fsp3) is 0.457. The van der Waals surface area contributed by atoms with Crippen molar-refractivity contribution in [2.45, 2.75) is 62.6 Å². The summed E-state index contributed by atoms with van der Waals surface area (Å²) in [6.07, 6.45) is 3.58. The first-order valence-electron chi connectivity index (χ1n) is 15.9. The Morgan fingerprint density at radius 2 is 1.74 bits per heavy atom. The number of nitrogens with zero attached hydrogens (tertiary/aromatic N) is 5. The predicted octanol–water partition coefficient (Wildman–Crippen LogP) is 2.65. The second-order valence-corrected chi connectivity index (χ2v) is 13.4. The lowest BCUT2D eigenvalue weighted by Gasteiger charge is -2.37. The number of benzene rings is 2. The van der Waals surface area contributed by atoms with Gasteiger partial charge in [0.2, 0.25) is 5.91 Å². The molecule has 6 rings (SSSR count). The molecule has 2 heterocycles. The molecule has 0 spiro atoms. The largest absolute Gasteiger partial charge is 0.378 e. The molecule has 2 aliphatic carbocycles. The Balaban J connectivity index is 1.44. The molecule has 2 aromatic carbocycles. The smallest absolute Gasteiger partial charge is 0.340 e. The van der Waals surface area contributed by atoms with Gasteiger partial charge in [0, 0.05) is 51.5 Å². The minimum atomic E-state index is -0.919. The minimum Gasteiger partial charge on any atom is -0.378 e. The first-order chi connectivity index (χ1) is 21.9. The maximum atomic E-state index is 13.4. The van der Waals surface area contributed by atoms with Crippen LogP contribution < -0.4 is 11.0 Å². The van der Waals surface area contributed by atoms with Crippen molar-refractivity contribution in [2.24, 2.45) is 5.92 Å². The molecule has 3 unspecified atom stereocenters. The van der Waals surface area contributed by atoms with Gasteiger partial charge in [0.05, 0.1) is 18.0 Å². The summed E-state index contributed by atoms with van der Waals surface area (Å²) in [5.41, 5.74) is 5.18. The highest BCUT2D eigenvalue weighted by atomic mass is 16.2. The summed E-state index contributed by atoms with van der Waals surface area (Å²) in [7, 11) is 7.40. The molecule has 3 N–H and O–H groups in total. The van der Waals surface area contributed by atoms with Crippen LogP contribution in [0.4, 0.5) is 0 Å². The molecule has 46 heavy (non-hydrogen) atoms. The number of piperidine rings is 1. The maximum absolute atomic E-state index is 13.4. The molecule has 1 aromatic heterocycles. The van der Waals surface area contributed by atoms with E-state index in [-0.39, 0.29) is 36.5 Å². The second kappa shape index (κ2) is 11.9. The van der Waals surface area contributed by atoms with Gasteiger partial charge in [0.15, 0.2) is 0 Å². The molecule has 0 radical (unpaired) electrons. The summed E-state index contributed by atoms with van der Waals surface area (Å²) in [4.78, 5) is 47.3. The average molecular weight is 623 g/mol. The van der Waals surface area contributed by atoms with E-state index < -0.39 is 11.1 Å². The number of rotatable bonds is 9. The highest BCUT2D eigenvalue weighted by molar-refractivity contribution is 5.94.